The van der Waals surface area contributed by atoms with E-state index in [2.05, 4.69) is 5.32 Å². The fraction of sp³-hybridized carbons (Fsp3) is 0.263. The van der Waals surface area contributed by atoms with Gasteiger partial charge in [-0.1, -0.05) is 24.3 Å². The number of rotatable bonds is 7. The van der Waals surface area contributed by atoms with Crippen molar-refractivity contribution >= 4 is 11.9 Å². The molecule has 2 aromatic rings. The molecule has 1 amide bonds. The summed E-state index contributed by atoms with van der Waals surface area (Å²) >= 11 is 0. The Balaban J connectivity index is 2.04. The van der Waals surface area contributed by atoms with Gasteiger partial charge in [-0.15, -0.1) is 0 Å². The Morgan fingerprint density at radius 1 is 1.12 bits per heavy atom. The third-order valence-electron chi connectivity index (χ3n) is 4.04. The fourth-order valence-electron chi connectivity index (χ4n) is 2.42. The number of nitrogens with one attached hydrogen (secondary N) is 1. The van der Waals surface area contributed by atoms with Crippen molar-refractivity contribution in [3.63, 3.8) is 0 Å². The van der Waals surface area contributed by atoms with E-state index in [9.17, 15) is 19.1 Å². The van der Waals surface area contributed by atoms with E-state index in [1.807, 2.05) is 12.1 Å². The van der Waals surface area contributed by atoms with Gasteiger partial charge in [0.05, 0.1) is 7.11 Å². The predicted molar refractivity (Wildman–Crippen MR) is 90.8 cm³/mol. The van der Waals surface area contributed by atoms with Crippen LogP contribution in [-0.4, -0.2) is 24.1 Å². The van der Waals surface area contributed by atoms with Crippen LogP contribution in [0, 0.1) is 5.82 Å². The van der Waals surface area contributed by atoms with Gasteiger partial charge in [0.2, 0.25) is 5.91 Å². The van der Waals surface area contributed by atoms with E-state index in [1.165, 1.54) is 31.2 Å². The van der Waals surface area contributed by atoms with Crippen molar-refractivity contribution < 1.29 is 23.8 Å². The van der Waals surface area contributed by atoms with Gasteiger partial charge in [0.25, 0.3) is 0 Å². The highest BCUT2D eigenvalue weighted by molar-refractivity contribution is 5.87. The van der Waals surface area contributed by atoms with Crippen molar-refractivity contribution in [2.24, 2.45) is 0 Å². The van der Waals surface area contributed by atoms with E-state index in [4.69, 9.17) is 4.74 Å². The first-order valence-electron chi connectivity index (χ1n) is 7.78. The van der Waals surface area contributed by atoms with Gasteiger partial charge in [0, 0.05) is 6.42 Å². The molecule has 5 nitrogen and oxygen atoms in total. The topological polar surface area (TPSA) is 75.6 Å². The molecule has 0 aliphatic carbocycles. The minimum absolute atomic E-state index is 0.135. The molecule has 0 aromatic heterocycles. The van der Waals surface area contributed by atoms with Gasteiger partial charge < -0.3 is 15.2 Å². The molecule has 2 rings (SSSR count). The maximum atomic E-state index is 13.1. The minimum Gasteiger partial charge on any atom is -0.497 e. The number of aryl methyl sites for hydroxylation is 1. The molecule has 0 saturated heterocycles. The Kier molecular flexibility index (Phi) is 5.75. The van der Waals surface area contributed by atoms with Crippen molar-refractivity contribution in [2.45, 2.75) is 25.3 Å². The molecule has 0 radical (unpaired) electrons. The number of carboxylic acids is 1. The summed E-state index contributed by atoms with van der Waals surface area (Å²) in [4.78, 5) is 23.9. The minimum atomic E-state index is -1.62. The maximum Gasteiger partial charge on any atom is 0.333 e. The molecule has 1 unspecified atom stereocenters. The molecular formula is C19H20FNO4. The van der Waals surface area contributed by atoms with Crippen molar-refractivity contribution in [3.8, 4) is 5.75 Å². The molecule has 0 fully saturated rings. The van der Waals surface area contributed by atoms with Gasteiger partial charge in [0.15, 0.2) is 5.54 Å². The van der Waals surface area contributed by atoms with E-state index < -0.39 is 23.2 Å². The number of carbonyl (C=O) groups excluding carboxylic acids is 1. The number of carbonyl (C=O) groups is 2. The van der Waals surface area contributed by atoms with Gasteiger partial charge >= 0.3 is 5.97 Å². The summed E-state index contributed by atoms with van der Waals surface area (Å²) < 4.78 is 18.1. The smallest absolute Gasteiger partial charge is 0.333 e. The highest BCUT2D eigenvalue weighted by atomic mass is 19.1. The van der Waals surface area contributed by atoms with Crippen molar-refractivity contribution in [2.75, 3.05) is 7.11 Å². The predicted octanol–water partition coefficient (Wildman–Crippen LogP) is 2.88. The molecule has 0 saturated carbocycles. The number of aliphatic carboxylic acids is 1. The Bertz CT molecular complexity index is 743. The first-order chi connectivity index (χ1) is 11.8. The number of carboxylic acid groups (broad SMARTS) is 1. The zero-order chi connectivity index (χ0) is 18.4. The fourth-order valence-corrected chi connectivity index (χ4v) is 2.42. The van der Waals surface area contributed by atoms with E-state index in [0.717, 1.165) is 11.3 Å². The summed E-state index contributed by atoms with van der Waals surface area (Å²) in [6.07, 6.45) is 0.603. The van der Waals surface area contributed by atoms with Crippen LogP contribution in [0.15, 0.2) is 48.5 Å². The van der Waals surface area contributed by atoms with Gasteiger partial charge in [0.1, 0.15) is 11.6 Å². The first-order valence-corrected chi connectivity index (χ1v) is 7.78. The molecule has 0 spiro atoms. The van der Waals surface area contributed by atoms with E-state index in [0.29, 0.717) is 12.0 Å². The Labute approximate surface area is 145 Å². The molecule has 0 bridgehead atoms. The molecule has 132 valence electrons. The van der Waals surface area contributed by atoms with Gasteiger partial charge in [-0.3, -0.25) is 4.79 Å². The van der Waals surface area contributed by atoms with E-state index in [-0.39, 0.29) is 6.42 Å². The van der Waals surface area contributed by atoms with Crippen LogP contribution in [0.4, 0.5) is 4.39 Å². The largest absolute Gasteiger partial charge is 0.497 e. The van der Waals surface area contributed by atoms with Crippen LogP contribution in [0.5, 0.6) is 5.75 Å². The van der Waals surface area contributed by atoms with Crippen LogP contribution in [-0.2, 0) is 21.5 Å². The molecule has 0 aliphatic heterocycles. The average molecular weight is 345 g/mol. The first kappa shape index (κ1) is 18.4. The normalized spacial score (nSPS) is 12.9. The number of benzene rings is 2. The molecular weight excluding hydrogens is 325 g/mol. The van der Waals surface area contributed by atoms with Crippen molar-refractivity contribution in [3.05, 3.63) is 65.5 Å². The number of amides is 1. The number of halogens is 1. The lowest BCUT2D eigenvalue weighted by Crippen LogP contribution is -2.49. The van der Waals surface area contributed by atoms with Crippen molar-refractivity contribution in [1.29, 1.82) is 0 Å². The van der Waals surface area contributed by atoms with Gasteiger partial charge in [-0.05, 0) is 48.7 Å². The second kappa shape index (κ2) is 7.79. The molecule has 2 N–H and O–H groups in total. The van der Waals surface area contributed by atoms with Crippen LogP contribution in [0.1, 0.15) is 24.5 Å². The molecule has 0 aliphatic rings. The highest BCUT2D eigenvalue weighted by Crippen LogP contribution is 2.22. The zero-order valence-electron chi connectivity index (χ0n) is 14.1. The lowest BCUT2D eigenvalue weighted by atomic mass is 9.91. The van der Waals surface area contributed by atoms with E-state index >= 15 is 0 Å². The van der Waals surface area contributed by atoms with Crippen LogP contribution in [0.3, 0.4) is 0 Å². The third kappa shape index (κ3) is 4.56. The van der Waals surface area contributed by atoms with Gasteiger partial charge in [-0.2, -0.15) is 0 Å². The number of hydrogen-bond donors (Lipinski definition) is 2. The summed E-state index contributed by atoms with van der Waals surface area (Å²) in [5, 5.41) is 12.1. The van der Waals surface area contributed by atoms with Crippen LogP contribution < -0.4 is 10.1 Å². The lowest BCUT2D eigenvalue weighted by Gasteiger charge is -2.27. The van der Waals surface area contributed by atoms with Gasteiger partial charge in [-0.25, -0.2) is 9.18 Å². The maximum absolute atomic E-state index is 13.1. The second-order valence-electron chi connectivity index (χ2n) is 5.83. The number of methoxy groups -OCH3 is 1. The molecule has 6 heteroatoms. The molecule has 0 heterocycles. The molecule has 1 atom stereocenters. The lowest BCUT2D eigenvalue weighted by molar-refractivity contribution is -0.147. The van der Waals surface area contributed by atoms with Crippen LogP contribution >= 0.6 is 0 Å². The molecule has 2 aromatic carbocycles. The quantitative estimate of drug-likeness (QED) is 0.809. The highest BCUT2D eigenvalue weighted by Gasteiger charge is 2.36. The monoisotopic (exact) mass is 345 g/mol. The van der Waals surface area contributed by atoms with E-state index in [1.54, 1.807) is 19.2 Å². The Morgan fingerprint density at radius 2 is 1.72 bits per heavy atom. The number of hydrogen-bond acceptors (Lipinski definition) is 3. The van der Waals surface area contributed by atoms with Crippen LogP contribution in [0.25, 0.3) is 0 Å². The second-order valence-corrected chi connectivity index (χ2v) is 5.83. The Morgan fingerprint density at radius 3 is 2.24 bits per heavy atom. The third-order valence-corrected chi connectivity index (χ3v) is 4.04. The van der Waals surface area contributed by atoms with Crippen molar-refractivity contribution in [1.82, 2.24) is 5.32 Å². The zero-order valence-corrected chi connectivity index (χ0v) is 14.1. The summed E-state index contributed by atoms with van der Waals surface area (Å²) in [6, 6.07) is 12.3. The summed E-state index contributed by atoms with van der Waals surface area (Å²) in [7, 11) is 1.57. The van der Waals surface area contributed by atoms with Crippen LogP contribution in [0.2, 0.25) is 0 Å². The SMILES string of the molecule is COc1ccc(CCC(=O)NC(C)(C(=O)O)c2ccc(F)cc2)cc1. The summed E-state index contributed by atoms with van der Waals surface area (Å²) in [5.41, 5.74) is -0.376. The standard InChI is InChI=1S/C19H20FNO4/c1-19(18(23)24,14-6-8-15(20)9-7-14)21-17(22)12-5-13-3-10-16(25-2)11-4-13/h3-4,6-11H,5,12H2,1-2H3,(H,21,22)(H,23,24). The summed E-state index contributed by atoms with van der Waals surface area (Å²) in [6.45, 7) is 1.38. The number of ether oxygens (including phenoxy) is 1. The Hall–Kier alpha value is -2.89. The average Bonchev–Trinajstić information content (AvgIpc) is 2.60. The molecule has 25 heavy (non-hydrogen) atoms. The summed E-state index contributed by atoms with van der Waals surface area (Å²) in [5.74, 6) is -1.35.